The highest BCUT2D eigenvalue weighted by Crippen LogP contribution is 2.08. The summed E-state index contributed by atoms with van der Waals surface area (Å²) in [4.78, 5) is 11.0. The summed E-state index contributed by atoms with van der Waals surface area (Å²) in [6.07, 6.45) is 6.23. The Hall–Kier alpha value is -0.570. The van der Waals surface area contributed by atoms with Crippen LogP contribution in [-0.2, 0) is 9.53 Å². The number of unbranched alkanes of at least 4 members (excludes halogenated alkanes) is 3. The van der Waals surface area contributed by atoms with Gasteiger partial charge in [-0.05, 0) is 19.8 Å². The van der Waals surface area contributed by atoms with Gasteiger partial charge in [0.05, 0.1) is 12.5 Å². The van der Waals surface area contributed by atoms with Crippen molar-refractivity contribution < 1.29 is 9.53 Å². The van der Waals surface area contributed by atoms with Gasteiger partial charge < -0.3 is 10.5 Å². The molecule has 3 heteroatoms. The molecule has 0 fully saturated rings. The summed E-state index contributed by atoms with van der Waals surface area (Å²) in [6.45, 7) is 4.51. The Morgan fingerprint density at radius 3 is 2.64 bits per heavy atom. The highest BCUT2D eigenvalue weighted by atomic mass is 16.5. The molecular formula is C11H23NO2. The summed E-state index contributed by atoms with van der Waals surface area (Å²) in [7, 11) is 0. The quantitative estimate of drug-likeness (QED) is 0.484. The van der Waals surface area contributed by atoms with Crippen LogP contribution in [0.1, 0.15) is 52.4 Å². The Labute approximate surface area is 87.0 Å². The van der Waals surface area contributed by atoms with Crippen molar-refractivity contribution in [3.63, 3.8) is 0 Å². The summed E-state index contributed by atoms with van der Waals surface area (Å²) in [5.74, 6) is -0.171. The molecule has 1 atom stereocenters. The van der Waals surface area contributed by atoms with E-state index >= 15 is 0 Å². The van der Waals surface area contributed by atoms with Gasteiger partial charge >= 0.3 is 5.97 Å². The Kier molecular flexibility index (Phi) is 8.64. The van der Waals surface area contributed by atoms with E-state index in [-0.39, 0.29) is 12.1 Å². The van der Waals surface area contributed by atoms with Gasteiger partial charge in [-0.15, -0.1) is 0 Å². The molecule has 0 aliphatic heterocycles. The van der Waals surface area contributed by atoms with Crippen molar-refractivity contribution in [2.75, 3.05) is 6.54 Å². The normalized spacial score (nSPS) is 12.5. The number of carbonyl (C=O) groups is 1. The average Bonchev–Trinajstić information content (AvgIpc) is 2.13. The zero-order chi connectivity index (χ0) is 10.8. The van der Waals surface area contributed by atoms with Crippen LogP contribution < -0.4 is 5.73 Å². The van der Waals surface area contributed by atoms with Crippen LogP contribution >= 0.6 is 0 Å². The Morgan fingerprint density at radius 1 is 1.36 bits per heavy atom. The van der Waals surface area contributed by atoms with Crippen molar-refractivity contribution >= 4 is 5.97 Å². The maximum absolute atomic E-state index is 11.0. The van der Waals surface area contributed by atoms with Crippen molar-refractivity contribution in [2.24, 2.45) is 5.73 Å². The van der Waals surface area contributed by atoms with Crippen LogP contribution in [0.2, 0.25) is 0 Å². The maximum Gasteiger partial charge on any atom is 0.307 e. The first-order valence-electron chi connectivity index (χ1n) is 5.60. The predicted octanol–water partition coefficient (Wildman–Crippen LogP) is 2.24. The second-order valence-electron chi connectivity index (χ2n) is 3.69. The molecule has 0 spiro atoms. The smallest absolute Gasteiger partial charge is 0.307 e. The van der Waals surface area contributed by atoms with Crippen LogP contribution in [0.4, 0.5) is 0 Å². The van der Waals surface area contributed by atoms with Crippen molar-refractivity contribution in [3.05, 3.63) is 0 Å². The molecule has 3 nitrogen and oxygen atoms in total. The van der Waals surface area contributed by atoms with E-state index in [2.05, 4.69) is 6.92 Å². The number of rotatable bonds is 8. The molecular weight excluding hydrogens is 178 g/mol. The van der Waals surface area contributed by atoms with Gasteiger partial charge in [-0.2, -0.15) is 0 Å². The number of hydrogen-bond acceptors (Lipinski definition) is 3. The lowest BCUT2D eigenvalue weighted by Gasteiger charge is -2.12. The molecule has 84 valence electrons. The molecule has 0 aromatic carbocycles. The average molecular weight is 201 g/mol. The largest absolute Gasteiger partial charge is 0.463 e. The van der Waals surface area contributed by atoms with E-state index in [4.69, 9.17) is 10.5 Å². The molecule has 1 unspecified atom stereocenters. The van der Waals surface area contributed by atoms with Crippen LogP contribution in [0.3, 0.4) is 0 Å². The fourth-order valence-electron chi connectivity index (χ4n) is 1.32. The van der Waals surface area contributed by atoms with Crippen LogP contribution in [0, 0.1) is 0 Å². The molecule has 0 amide bonds. The number of carbonyl (C=O) groups excluding carboxylic acids is 1. The summed E-state index contributed by atoms with van der Waals surface area (Å²) in [6, 6.07) is 0. The first-order chi connectivity index (χ1) is 6.70. The second kappa shape index (κ2) is 9.00. The minimum Gasteiger partial charge on any atom is -0.463 e. The highest BCUT2D eigenvalue weighted by Gasteiger charge is 2.07. The third kappa shape index (κ3) is 8.05. The standard InChI is InChI=1S/C11H23NO2/c1-3-4-5-6-7-10(2)14-11(13)8-9-12/h10H,3-9,12H2,1-2H3. The molecule has 0 rings (SSSR count). The first kappa shape index (κ1) is 13.4. The predicted molar refractivity (Wildman–Crippen MR) is 58.0 cm³/mol. The Bertz CT molecular complexity index is 148. The Morgan fingerprint density at radius 2 is 2.07 bits per heavy atom. The molecule has 0 bridgehead atoms. The van der Waals surface area contributed by atoms with E-state index < -0.39 is 0 Å². The lowest BCUT2D eigenvalue weighted by Crippen LogP contribution is -2.17. The molecule has 0 radical (unpaired) electrons. The third-order valence-corrected chi connectivity index (χ3v) is 2.15. The summed E-state index contributed by atoms with van der Waals surface area (Å²) < 4.78 is 5.15. The first-order valence-corrected chi connectivity index (χ1v) is 5.60. The SMILES string of the molecule is CCCCCCC(C)OC(=O)CCN. The van der Waals surface area contributed by atoms with Gasteiger partial charge in [-0.25, -0.2) is 0 Å². The van der Waals surface area contributed by atoms with Crippen molar-refractivity contribution in [3.8, 4) is 0 Å². The molecule has 0 aromatic heterocycles. The number of esters is 1. The van der Waals surface area contributed by atoms with Crippen molar-refractivity contribution in [2.45, 2.75) is 58.5 Å². The van der Waals surface area contributed by atoms with E-state index in [0.717, 1.165) is 12.8 Å². The molecule has 0 saturated heterocycles. The van der Waals surface area contributed by atoms with Gasteiger partial charge in [0.25, 0.3) is 0 Å². The molecule has 0 heterocycles. The summed E-state index contributed by atoms with van der Waals surface area (Å²) >= 11 is 0. The number of ether oxygens (including phenoxy) is 1. The molecule has 0 saturated carbocycles. The monoisotopic (exact) mass is 201 g/mol. The second-order valence-corrected chi connectivity index (χ2v) is 3.69. The molecule has 2 N–H and O–H groups in total. The summed E-state index contributed by atoms with van der Waals surface area (Å²) in [5.41, 5.74) is 5.24. The summed E-state index contributed by atoms with van der Waals surface area (Å²) in [5, 5.41) is 0. The van der Waals surface area contributed by atoms with Crippen LogP contribution in [0.5, 0.6) is 0 Å². The lowest BCUT2D eigenvalue weighted by atomic mass is 10.1. The van der Waals surface area contributed by atoms with Gasteiger partial charge in [0, 0.05) is 6.54 Å². The van der Waals surface area contributed by atoms with Gasteiger partial charge in [0.1, 0.15) is 0 Å². The van der Waals surface area contributed by atoms with E-state index in [0.29, 0.717) is 13.0 Å². The van der Waals surface area contributed by atoms with Gasteiger partial charge in [-0.3, -0.25) is 4.79 Å². The lowest BCUT2D eigenvalue weighted by molar-refractivity contribution is -0.148. The molecule has 0 aliphatic carbocycles. The minimum absolute atomic E-state index is 0.0471. The van der Waals surface area contributed by atoms with Gasteiger partial charge in [0.15, 0.2) is 0 Å². The molecule has 0 aliphatic rings. The fourth-order valence-corrected chi connectivity index (χ4v) is 1.32. The molecule has 14 heavy (non-hydrogen) atoms. The van der Waals surface area contributed by atoms with E-state index in [1.807, 2.05) is 6.92 Å². The van der Waals surface area contributed by atoms with E-state index in [1.165, 1.54) is 19.3 Å². The van der Waals surface area contributed by atoms with Crippen LogP contribution in [-0.4, -0.2) is 18.6 Å². The zero-order valence-electron chi connectivity index (χ0n) is 9.42. The van der Waals surface area contributed by atoms with Crippen molar-refractivity contribution in [1.82, 2.24) is 0 Å². The maximum atomic E-state index is 11.0. The third-order valence-electron chi connectivity index (χ3n) is 2.15. The molecule has 0 aromatic rings. The van der Waals surface area contributed by atoms with E-state index in [1.54, 1.807) is 0 Å². The number of hydrogen-bond donors (Lipinski definition) is 1. The highest BCUT2D eigenvalue weighted by molar-refractivity contribution is 5.69. The van der Waals surface area contributed by atoms with Gasteiger partial charge in [0.2, 0.25) is 0 Å². The fraction of sp³-hybridized carbons (Fsp3) is 0.909. The number of nitrogens with two attached hydrogens (primary N) is 1. The topological polar surface area (TPSA) is 52.3 Å². The van der Waals surface area contributed by atoms with Crippen LogP contribution in [0.25, 0.3) is 0 Å². The van der Waals surface area contributed by atoms with E-state index in [9.17, 15) is 4.79 Å². The minimum atomic E-state index is -0.171. The zero-order valence-corrected chi connectivity index (χ0v) is 9.42. The van der Waals surface area contributed by atoms with Crippen molar-refractivity contribution in [1.29, 1.82) is 0 Å². The Balaban J connectivity index is 3.35. The van der Waals surface area contributed by atoms with Crippen LogP contribution in [0.15, 0.2) is 0 Å². The van der Waals surface area contributed by atoms with Gasteiger partial charge in [-0.1, -0.05) is 26.2 Å².